The number of nitrogens with one attached hydrogen (secondary N) is 2. The number of carbonyl (C=O) groups is 1. The predicted octanol–water partition coefficient (Wildman–Crippen LogP) is 5.52. The highest BCUT2D eigenvalue weighted by Gasteiger charge is 2.17. The van der Waals surface area contributed by atoms with E-state index in [1.807, 2.05) is 30.6 Å². The average Bonchev–Trinajstić information content (AvgIpc) is 3.18. The highest BCUT2D eigenvalue weighted by atomic mass is 16.1. The molecule has 2 heterocycles. The Morgan fingerprint density at radius 3 is 2.40 bits per heavy atom. The van der Waals surface area contributed by atoms with Gasteiger partial charge >= 0.3 is 0 Å². The Hall–Kier alpha value is -3.92. The van der Waals surface area contributed by atoms with Gasteiger partial charge in [-0.25, -0.2) is 0 Å². The van der Waals surface area contributed by atoms with E-state index in [2.05, 4.69) is 76.3 Å². The maximum Gasteiger partial charge on any atom is 0.228 e. The van der Waals surface area contributed by atoms with E-state index in [0.717, 1.165) is 34.6 Å². The first kappa shape index (κ1) is 18.1. The van der Waals surface area contributed by atoms with Crippen LogP contribution < -0.4 is 10.6 Å². The molecule has 0 spiro atoms. The first-order chi connectivity index (χ1) is 14.7. The molecule has 0 atom stereocenters. The standard InChI is InChI=1S/C26H21N3O/c30-26-14-22-12-21(10-11-25(22)29-26)23-13-24(17-27-16-23)28-15-18-6-8-20(9-7-18)19-4-2-1-3-5-19/h1-13,16-17,28H,14-15H2,(H,29,30). The Labute approximate surface area is 175 Å². The van der Waals surface area contributed by atoms with Crippen LogP contribution in [-0.2, 0) is 17.8 Å². The number of rotatable bonds is 5. The first-order valence-corrected chi connectivity index (χ1v) is 10.0. The second-order valence-corrected chi connectivity index (χ2v) is 7.48. The van der Waals surface area contributed by atoms with Gasteiger partial charge in [0.2, 0.25) is 5.91 Å². The second kappa shape index (κ2) is 7.84. The maximum atomic E-state index is 11.6. The highest BCUT2D eigenvalue weighted by Crippen LogP contribution is 2.30. The molecule has 30 heavy (non-hydrogen) atoms. The molecule has 0 aliphatic carbocycles. The second-order valence-electron chi connectivity index (χ2n) is 7.48. The SMILES string of the molecule is O=C1Cc2cc(-c3cncc(NCc4ccc(-c5ccccc5)cc4)c3)ccc2N1. The van der Waals surface area contributed by atoms with E-state index in [4.69, 9.17) is 0 Å². The van der Waals surface area contributed by atoms with Gasteiger partial charge in [0.05, 0.1) is 12.1 Å². The summed E-state index contributed by atoms with van der Waals surface area (Å²) >= 11 is 0. The number of benzene rings is 3. The summed E-state index contributed by atoms with van der Waals surface area (Å²) in [4.78, 5) is 16.0. The molecule has 4 aromatic rings. The molecule has 0 bridgehead atoms. The third kappa shape index (κ3) is 3.80. The monoisotopic (exact) mass is 391 g/mol. The van der Waals surface area contributed by atoms with Gasteiger partial charge in [0.25, 0.3) is 0 Å². The fraction of sp³-hybridized carbons (Fsp3) is 0.0769. The third-order valence-electron chi connectivity index (χ3n) is 5.36. The van der Waals surface area contributed by atoms with Crippen LogP contribution in [0.3, 0.4) is 0 Å². The molecule has 1 aromatic heterocycles. The van der Waals surface area contributed by atoms with Crippen molar-refractivity contribution < 1.29 is 4.79 Å². The van der Waals surface area contributed by atoms with Crippen molar-refractivity contribution in [2.45, 2.75) is 13.0 Å². The number of anilines is 2. The number of hydrogen-bond donors (Lipinski definition) is 2. The molecule has 4 nitrogen and oxygen atoms in total. The van der Waals surface area contributed by atoms with Crippen LogP contribution in [0.25, 0.3) is 22.3 Å². The lowest BCUT2D eigenvalue weighted by molar-refractivity contribution is -0.115. The maximum absolute atomic E-state index is 11.6. The molecular weight excluding hydrogens is 370 g/mol. The summed E-state index contributed by atoms with van der Waals surface area (Å²) in [6.45, 7) is 0.725. The molecule has 0 saturated heterocycles. The Balaban J connectivity index is 1.29. The van der Waals surface area contributed by atoms with Crippen molar-refractivity contribution in [3.63, 3.8) is 0 Å². The van der Waals surface area contributed by atoms with Gasteiger partial charge in [-0.3, -0.25) is 9.78 Å². The van der Waals surface area contributed by atoms with Crippen LogP contribution in [-0.4, -0.2) is 10.9 Å². The first-order valence-electron chi connectivity index (χ1n) is 10.0. The fourth-order valence-electron chi connectivity index (χ4n) is 3.75. The molecule has 146 valence electrons. The van der Waals surface area contributed by atoms with Crippen molar-refractivity contribution in [1.82, 2.24) is 4.98 Å². The molecule has 1 amide bonds. The normalized spacial score (nSPS) is 12.3. The highest BCUT2D eigenvalue weighted by molar-refractivity contribution is 5.99. The quantitative estimate of drug-likeness (QED) is 0.471. The molecule has 0 radical (unpaired) electrons. The molecule has 1 aliphatic rings. The van der Waals surface area contributed by atoms with Crippen LogP contribution in [0.1, 0.15) is 11.1 Å². The van der Waals surface area contributed by atoms with Crippen molar-refractivity contribution in [1.29, 1.82) is 0 Å². The van der Waals surface area contributed by atoms with Gasteiger partial charge in [-0.1, -0.05) is 60.7 Å². The minimum absolute atomic E-state index is 0.0500. The Morgan fingerprint density at radius 1 is 0.800 bits per heavy atom. The van der Waals surface area contributed by atoms with Gasteiger partial charge in [0.1, 0.15) is 0 Å². The molecule has 2 N–H and O–H groups in total. The van der Waals surface area contributed by atoms with Gasteiger partial charge in [0, 0.05) is 30.2 Å². The van der Waals surface area contributed by atoms with E-state index in [9.17, 15) is 4.79 Å². The summed E-state index contributed by atoms with van der Waals surface area (Å²) in [5, 5.41) is 6.33. The summed E-state index contributed by atoms with van der Waals surface area (Å²) in [5.74, 6) is 0.0500. The molecule has 0 unspecified atom stereocenters. The Bertz CT molecular complexity index is 1200. The molecule has 4 heteroatoms. The van der Waals surface area contributed by atoms with Crippen LogP contribution in [0.5, 0.6) is 0 Å². The topological polar surface area (TPSA) is 54.0 Å². The van der Waals surface area contributed by atoms with Crippen LogP contribution in [0.15, 0.2) is 91.3 Å². The van der Waals surface area contributed by atoms with E-state index in [0.29, 0.717) is 6.42 Å². The largest absolute Gasteiger partial charge is 0.380 e. The van der Waals surface area contributed by atoms with Gasteiger partial charge in [-0.2, -0.15) is 0 Å². The van der Waals surface area contributed by atoms with E-state index in [-0.39, 0.29) is 5.91 Å². The number of nitrogens with zero attached hydrogens (tertiary/aromatic N) is 1. The van der Waals surface area contributed by atoms with Gasteiger partial charge < -0.3 is 10.6 Å². The number of fused-ring (bicyclic) bond motifs is 1. The van der Waals surface area contributed by atoms with E-state index in [1.165, 1.54) is 16.7 Å². The summed E-state index contributed by atoms with van der Waals surface area (Å²) in [7, 11) is 0. The fourth-order valence-corrected chi connectivity index (χ4v) is 3.75. The average molecular weight is 391 g/mol. The summed E-state index contributed by atoms with van der Waals surface area (Å²) in [5.41, 5.74) is 8.65. The lowest BCUT2D eigenvalue weighted by Crippen LogP contribution is -2.03. The summed E-state index contributed by atoms with van der Waals surface area (Å²) < 4.78 is 0. The zero-order chi connectivity index (χ0) is 20.3. The van der Waals surface area contributed by atoms with E-state index in [1.54, 1.807) is 0 Å². The number of amides is 1. The molecule has 0 fully saturated rings. The van der Waals surface area contributed by atoms with Crippen molar-refractivity contribution in [3.8, 4) is 22.3 Å². The lowest BCUT2D eigenvalue weighted by Gasteiger charge is -2.10. The van der Waals surface area contributed by atoms with Crippen LogP contribution in [0.2, 0.25) is 0 Å². The molecule has 3 aromatic carbocycles. The number of aromatic nitrogens is 1. The van der Waals surface area contributed by atoms with Gasteiger partial charge in [-0.15, -0.1) is 0 Å². The smallest absolute Gasteiger partial charge is 0.228 e. The van der Waals surface area contributed by atoms with Crippen molar-refractivity contribution in [2.75, 3.05) is 10.6 Å². The molecule has 0 saturated carbocycles. The Kier molecular flexibility index (Phi) is 4.74. The number of hydrogen-bond acceptors (Lipinski definition) is 3. The minimum atomic E-state index is 0.0500. The van der Waals surface area contributed by atoms with Crippen molar-refractivity contribution in [2.24, 2.45) is 0 Å². The minimum Gasteiger partial charge on any atom is -0.380 e. The van der Waals surface area contributed by atoms with Gasteiger partial charge in [0.15, 0.2) is 0 Å². The van der Waals surface area contributed by atoms with Crippen molar-refractivity contribution >= 4 is 17.3 Å². The van der Waals surface area contributed by atoms with Crippen LogP contribution in [0.4, 0.5) is 11.4 Å². The molecule has 5 rings (SSSR count). The predicted molar refractivity (Wildman–Crippen MR) is 121 cm³/mol. The van der Waals surface area contributed by atoms with E-state index >= 15 is 0 Å². The third-order valence-corrected chi connectivity index (χ3v) is 5.36. The van der Waals surface area contributed by atoms with E-state index < -0.39 is 0 Å². The van der Waals surface area contributed by atoms with Crippen LogP contribution >= 0.6 is 0 Å². The van der Waals surface area contributed by atoms with Crippen molar-refractivity contribution in [3.05, 3.63) is 102 Å². The van der Waals surface area contributed by atoms with Gasteiger partial charge in [-0.05, 0) is 46.0 Å². The number of carbonyl (C=O) groups excluding carboxylic acids is 1. The number of pyridine rings is 1. The molecule has 1 aliphatic heterocycles. The zero-order valence-electron chi connectivity index (χ0n) is 16.4. The zero-order valence-corrected chi connectivity index (χ0v) is 16.4. The summed E-state index contributed by atoms with van der Waals surface area (Å²) in [6.07, 6.45) is 4.12. The summed E-state index contributed by atoms with van der Waals surface area (Å²) in [6, 6.07) is 27.1. The Morgan fingerprint density at radius 2 is 1.57 bits per heavy atom. The molecular formula is C26H21N3O. The lowest BCUT2D eigenvalue weighted by atomic mass is 10.0. The van der Waals surface area contributed by atoms with Crippen LogP contribution in [0, 0.1) is 0 Å².